The molecule has 0 aliphatic carbocycles. The lowest BCUT2D eigenvalue weighted by atomic mass is 10.1. The summed E-state index contributed by atoms with van der Waals surface area (Å²) in [6.45, 7) is 2.09. The fourth-order valence-corrected chi connectivity index (χ4v) is 1.91. The van der Waals surface area contributed by atoms with Gasteiger partial charge in [0.1, 0.15) is 5.82 Å². The van der Waals surface area contributed by atoms with E-state index < -0.39 is 0 Å². The van der Waals surface area contributed by atoms with Crippen molar-refractivity contribution in [2.75, 3.05) is 18.4 Å². The molecule has 2 aromatic heterocycles. The van der Waals surface area contributed by atoms with E-state index >= 15 is 0 Å². The van der Waals surface area contributed by atoms with Crippen LogP contribution in [0.15, 0.2) is 12.1 Å². The van der Waals surface area contributed by atoms with Gasteiger partial charge in [0.2, 0.25) is 0 Å². The van der Waals surface area contributed by atoms with Gasteiger partial charge in [-0.15, -0.1) is 14.8 Å². The van der Waals surface area contributed by atoms with Crippen LogP contribution in [0.2, 0.25) is 0 Å². The molecule has 0 aromatic carbocycles. The van der Waals surface area contributed by atoms with Crippen LogP contribution >= 0.6 is 0 Å². The number of rotatable bonds is 2. The number of nitrogens with zero attached hydrogens (tertiary/aromatic N) is 5. The maximum Gasteiger partial charge on any atom is 0.200 e. The zero-order valence-corrected chi connectivity index (χ0v) is 8.80. The summed E-state index contributed by atoms with van der Waals surface area (Å²) < 4.78 is 1.43. The van der Waals surface area contributed by atoms with Gasteiger partial charge in [-0.1, -0.05) is 0 Å². The zero-order valence-electron chi connectivity index (χ0n) is 8.80. The topological polar surface area (TPSA) is 80.0 Å². The third-order valence-corrected chi connectivity index (χ3v) is 2.72. The fourth-order valence-electron chi connectivity index (χ4n) is 1.91. The molecule has 84 valence electrons. The molecule has 16 heavy (non-hydrogen) atoms. The number of hydrogen-bond acceptors (Lipinski definition) is 6. The van der Waals surface area contributed by atoms with Crippen molar-refractivity contribution in [3.05, 3.63) is 12.1 Å². The minimum atomic E-state index is 0.440. The molecule has 7 heteroatoms. The van der Waals surface area contributed by atoms with Crippen LogP contribution in [0.25, 0.3) is 5.65 Å². The molecule has 7 nitrogen and oxygen atoms in total. The molecule has 1 unspecified atom stereocenters. The Labute approximate surface area is 92.2 Å². The molecule has 1 aliphatic rings. The Balaban J connectivity index is 1.77. The van der Waals surface area contributed by atoms with Gasteiger partial charge in [0, 0.05) is 12.6 Å². The number of nitrogens with one attached hydrogen (secondary N) is 2. The van der Waals surface area contributed by atoms with Crippen molar-refractivity contribution < 1.29 is 0 Å². The second-order valence-electron chi connectivity index (χ2n) is 3.93. The summed E-state index contributed by atoms with van der Waals surface area (Å²) in [7, 11) is 0. The highest BCUT2D eigenvalue weighted by Crippen LogP contribution is 2.09. The third-order valence-electron chi connectivity index (χ3n) is 2.72. The Kier molecular flexibility index (Phi) is 2.37. The van der Waals surface area contributed by atoms with Gasteiger partial charge < -0.3 is 10.6 Å². The molecule has 1 saturated heterocycles. The Morgan fingerprint density at radius 3 is 3.31 bits per heavy atom. The van der Waals surface area contributed by atoms with E-state index in [1.807, 2.05) is 12.1 Å². The molecule has 2 N–H and O–H groups in total. The van der Waals surface area contributed by atoms with Gasteiger partial charge in [-0.05, 0) is 41.9 Å². The lowest BCUT2D eigenvalue weighted by Gasteiger charge is -2.23. The predicted molar refractivity (Wildman–Crippen MR) is 58.1 cm³/mol. The third kappa shape index (κ3) is 1.81. The zero-order chi connectivity index (χ0) is 10.8. The van der Waals surface area contributed by atoms with Crippen molar-refractivity contribution in [3.8, 4) is 0 Å². The van der Waals surface area contributed by atoms with E-state index in [4.69, 9.17) is 0 Å². The van der Waals surface area contributed by atoms with Gasteiger partial charge in [-0.2, -0.15) is 0 Å². The first-order valence-corrected chi connectivity index (χ1v) is 5.44. The molecule has 0 spiro atoms. The fraction of sp³-hybridized carbons (Fsp3) is 0.556. The lowest BCUT2D eigenvalue weighted by Crippen LogP contribution is -2.38. The first-order valence-electron chi connectivity index (χ1n) is 5.44. The molecular formula is C9H13N7. The number of anilines is 1. The van der Waals surface area contributed by atoms with Crippen LogP contribution in [0.5, 0.6) is 0 Å². The number of fused-ring (bicyclic) bond motifs is 1. The Morgan fingerprint density at radius 2 is 2.44 bits per heavy atom. The monoisotopic (exact) mass is 219 g/mol. The predicted octanol–water partition coefficient (Wildman–Crippen LogP) is -0.317. The quantitative estimate of drug-likeness (QED) is 0.720. The number of tetrazole rings is 1. The summed E-state index contributed by atoms with van der Waals surface area (Å²) in [5.41, 5.74) is 0.660. The van der Waals surface area contributed by atoms with E-state index in [1.54, 1.807) is 0 Å². The van der Waals surface area contributed by atoms with Crippen LogP contribution in [-0.2, 0) is 0 Å². The Hall–Kier alpha value is -1.76. The summed E-state index contributed by atoms with van der Waals surface area (Å²) in [6.07, 6.45) is 2.37. The smallest absolute Gasteiger partial charge is 0.200 e. The molecule has 1 fully saturated rings. The van der Waals surface area contributed by atoms with Gasteiger partial charge in [0.15, 0.2) is 5.65 Å². The number of aromatic nitrogens is 5. The van der Waals surface area contributed by atoms with E-state index in [1.165, 1.54) is 17.5 Å². The molecule has 0 saturated carbocycles. The molecule has 1 atom stereocenters. The van der Waals surface area contributed by atoms with E-state index in [-0.39, 0.29) is 0 Å². The first-order chi connectivity index (χ1) is 7.92. The highest BCUT2D eigenvalue weighted by molar-refractivity contribution is 5.42. The van der Waals surface area contributed by atoms with Crippen LogP contribution in [0.3, 0.4) is 0 Å². The van der Waals surface area contributed by atoms with E-state index in [2.05, 4.69) is 31.3 Å². The van der Waals surface area contributed by atoms with Crippen LogP contribution in [0, 0.1) is 0 Å². The molecule has 3 rings (SSSR count). The van der Waals surface area contributed by atoms with Crippen molar-refractivity contribution in [2.24, 2.45) is 0 Å². The minimum Gasteiger partial charge on any atom is -0.365 e. The van der Waals surface area contributed by atoms with Crippen molar-refractivity contribution in [1.82, 2.24) is 30.6 Å². The summed E-state index contributed by atoms with van der Waals surface area (Å²) >= 11 is 0. The molecular weight excluding hydrogens is 206 g/mol. The Morgan fingerprint density at radius 1 is 1.44 bits per heavy atom. The van der Waals surface area contributed by atoms with Crippen molar-refractivity contribution in [3.63, 3.8) is 0 Å². The number of hydrogen-bond donors (Lipinski definition) is 2. The summed E-state index contributed by atoms with van der Waals surface area (Å²) in [5, 5.41) is 22.1. The first kappa shape index (κ1) is 9.46. The average Bonchev–Trinajstić information content (AvgIpc) is 2.77. The van der Waals surface area contributed by atoms with Gasteiger partial charge in [0.25, 0.3) is 0 Å². The number of piperidine rings is 1. The van der Waals surface area contributed by atoms with Crippen LogP contribution in [0.4, 0.5) is 5.82 Å². The lowest BCUT2D eigenvalue weighted by molar-refractivity contribution is 0.478. The normalized spacial score (nSPS) is 21.1. The van der Waals surface area contributed by atoms with E-state index in [9.17, 15) is 0 Å². The maximum absolute atomic E-state index is 4.27. The molecule has 0 radical (unpaired) electrons. The summed E-state index contributed by atoms with van der Waals surface area (Å²) in [4.78, 5) is 0. The van der Waals surface area contributed by atoms with Gasteiger partial charge in [-0.3, -0.25) is 0 Å². The molecule has 0 bridgehead atoms. The summed E-state index contributed by atoms with van der Waals surface area (Å²) in [6, 6.07) is 4.20. The molecule has 3 heterocycles. The van der Waals surface area contributed by atoms with Crippen LogP contribution < -0.4 is 10.6 Å². The second kappa shape index (κ2) is 4.01. The van der Waals surface area contributed by atoms with Crippen molar-refractivity contribution in [2.45, 2.75) is 18.9 Å². The molecule has 0 amide bonds. The highest BCUT2D eigenvalue weighted by Gasteiger charge is 2.13. The van der Waals surface area contributed by atoms with Crippen LogP contribution in [0.1, 0.15) is 12.8 Å². The van der Waals surface area contributed by atoms with Crippen LogP contribution in [-0.4, -0.2) is 44.4 Å². The van der Waals surface area contributed by atoms with Gasteiger partial charge in [-0.25, -0.2) is 0 Å². The minimum absolute atomic E-state index is 0.440. The second-order valence-corrected chi connectivity index (χ2v) is 3.93. The molecule has 1 aliphatic heterocycles. The van der Waals surface area contributed by atoms with Crippen molar-refractivity contribution in [1.29, 1.82) is 0 Å². The largest absolute Gasteiger partial charge is 0.365 e. The maximum atomic E-state index is 4.27. The van der Waals surface area contributed by atoms with Crippen molar-refractivity contribution >= 4 is 11.5 Å². The van der Waals surface area contributed by atoms with E-state index in [0.717, 1.165) is 18.9 Å². The summed E-state index contributed by atoms with van der Waals surface area (Å²) in [5.74, 6) is 0.813. The van der Waals surface area contributed by atoms with Gasteiger partial charge >= 0.3 is 0 Å². The SMILES string of the molecule is c1cc2nnnn2nc1NC1CCCNC1. The van der Waals surface area contributed by atoms with Gasteiger partial charge in [0.05, 0.1) is 0 Å². The average molecular weight is 219 g/mol. The Bertz CT molecular complexity index is 473. The van der Waals surface area contributed by atoms with E-state index in [0.29, 0.717) is 11.7 Å². The molecule has 2 aromatic rings. The highest BCUT2D eigenvalue weighted by atomic mass is 15.6. The standard InChI is InChI=1S/C9H13N7/c1-2-7(6-10-5-1)11-8-3-4-9-12-14-15-16(9)13-8/h3-4,7,10H,1-2,5-6H2,(H,11,13).